The number of hydrogen-bond donors (Lipinski definition) is 1. The predicted molar refractivity (Wildman–Crippen MR) is 86.9 cm³/mol. The first-order valence-electron chi connectivity index (χ1n) is 7.82. The van der Waals surface area contributed by atoms with Gasteiger partial charge in [-0.3, -0.25) is 15.0 Å². The summed E-state index contributed by atoms with van der Waals surface area (Å²) in [4.78, 5) is 24.3. The van der Waals surface area contributed by atoms with Crippen molar-refractivity contribution in [1.82, 2.24) is 5.32 Å². The number of nitrogens with zero attached hydrogens (tertiary/aromatic N) is 2. The second kappa shape index (κ2) is 5.38. The number of halogens is 2. The molecular weight excluding hydrogens is 348 g/mol. The van der Waals surface area contributed by atoms with Crippen molar-refractivity contribution in [2.45, 2.75) is 25.1 Å². The highest BCUT2D eigenvalue weighted by atomic mass is 19.2. The van der Waals surface area contributed by atoms with E-state index in [0.717, 1.165) is 12.1 Å². The summed E-state index contributed by atoms with van der Waals surface area (Å²) in [6.45, 7) is 1.66. The van der Waals surface area contributed by atoms with Gasteiger partial charge in [-0.2, -0.15) is 0 Å². The number of nitro groups is 1. The molecule has 0 aromatic heterocycles. The molecule has 26 heavy (non-hydrogen) atoms. The van der Waals surface area contributed by atoms with Gasteiger partial charge in [0, 0.05) is 30.2 Å². The zero-order valence-electron chi connectivity index (χ0n) is 13.5. The molecular formula is C17H13F2N3O4. The van der Waals surface area contributed by atoms with E-state index < -0.39 is 34.4 Å². The molecule has 134 valence electrons. The van der Waals surface area contributed by atoms with Gasteiger partial charge >= 0.3 is 6.03 Å². The Bertz CT molecular complexity index is 952. The lowest BCUT2D eigenvalue weighted by atomic mass is 9.90. The molecule has 0 aliphatic carbocycles. The Morgan fingerprint density at radius 2 is 2.04 bits per heavy atom. The second-order valence-corrected chi connectivity index (χ2v) is 6.40. The number of non-ortho nitro benzene ring substituents is 1. The highest BCUT2D eigenvalue weighted by Gasteiger charge is 2.50. The lowest BCUT2D eigenvalue weighted by molar-refractivity contribution is -0.385. The van der Waals surface area contributed by atoms with E-state index in [4.69, 9.17) is 4.74 Å². The van der Waals surface area contributed by atoms with E-state index in [1.165, 1.54) is 29.2 Å². The maximum atomic E-state index is 13.6. The number of benzene rings is 2. The number of fused-ring (bicyclic) bond motifs is 4. The Hall–Kier alpha value is -3.23. The molecule has 1 fully saturated rings. The molecule has 2 aliphatic rings. The topological polar surface area (TPSA) is 84.7 Å². The summed E-state index contributed by atoms with van der Waals surface area (Å²) < 4.78 is 32.8. The van der Waals surface area contributed by atoms with Crippen LogP contribution in [0.4, 0.5) is 25.0 Å². The van der Waals surface area contributed by atoms with Gasteiger partial charge < -0.3 is 10.1 Å². The van der Waals surface area contributed by atoms with Crippen LogP contribution in [0, 0.1) is 21.7 Å². The third-order valence-electron chi connectivity index (χ3n) is 4.63. The standard InChI is InChI=1S/C17H13F2N3O4/c1-17-8-14(11-6-10(22(24)25)3-5-15(11)26-17)20-16(23)21(17)9-2-4-12(18)13(19)7-9/h2-7,14H,8H2,1H3,(H,20,23)/t14-,17+/m1/s1. The minimum Gasteiger partial charge on any atom is -0.467 e. The molecule has 9 heteroatoms. The molecule has 2 bridgehead atoms. The number of amides is 2. The summed E-state index contributed by atoms with van der Waals surface area (Å²) in [5, 5.41) is 13.7. The molecule has 1 N–H and O–H groups in total. The maximum Gasteiger partial charge on any atom is 0.325 e. The molecule has 1 saturated heterocycles. The van der Waals surface area contributed by atoms with Crippen LogP contribution < -0.4 is 15.0 Å². The fourth-order valence-electron chi connectivity index (χ4n) is 3.49. The van der Waals surface area contributed by atoms with E-state index >= 15 is 0 Å². The number of ether oxygens (including phenoxy) is 1. The van der Waals surface area contributed by atoms with Crippen molar-refractivity contribution >= 4 is 17.4 Å². The van der Waals surface area contributed by atoms with Crippen LogP contribution in [-0.2, 0) is 0 Å². The quantitative estimate of drug-likeness (QED) is 0.654. The van der Waals surface area contributed by atoms with Crippen molar-refractivity contribution in [2.24, 2.45) is 0 Å². The number of rotatable bonds is 2. The summed E-state index contributed by atoms with van der Waals surface area (Å²) in [5.41, 5.74) is -0.601. The monoisotopic (exact) mass is 361 g/mol. The van der Waals surface area contributed by atoms with Crippen molar-refractivity contribution in [1.29, 1.82) is 0 Å². The van der Waals surface area contributed by atoms with Crippen molar-refractivity contribution in [2.75, 3.05) is 4.90 Å². The highest BCUT2D eigenvalue weighted by Crippen LogP contribution is 2.46. The lowest BCUT2D eigenvalue weighted by Gasteiger charge is -2.50. The Balaban J connectivity index is 1.78. The van der Waals surface area contributed by atoms with E-state index in [1.54, 1.807) is 6.92 Å². The summed E-state index contributed by atoms with van der Waals surface area (Å²) in [7, 11) is 0. The number of nitro benzene ring substituents is 1. The summed E-state index contributed by atoms with van der Waals surface area (Å²) in [5.74, 6) is -1.70. The fourth-order valence-corrected chi connectivity index (χ4v) is 3.49. The van der Waals surface area contributed by atoms with Crippen LogP contribution in [0.2, 0.25) is 0 Å². The van der Waals surface area contributed by atoms with Gasteiger partial charge in [-0.15, -0.1) is 0 Å². The van der Waals surface area contributed by atoms with Crippen LogP contribution in [0.15, 0.2) is 36.4 Å². The molecule has 2 aromatic carbocycles. The third kappa shape index (κ3) is 2.35. The average Bonchev–Trinajstić information content (AvgIpc) is 2.57. The Labute approximate surface area is 146 Å². The molecule has 2 atom stereocenters. The first-order valence-corrected chi connectivity index (χ1v) is 7.82. The molecule has 2 aliphatic heterocycles. The SMILES string of the molecule is C[C@]12C[C@@H](NC(=O)N1c1ccc(F)c(F)c1)c1cc([N+](=O)[O-])ccc1O2. The Morgan fingerprint density at radius 3 is 2.73 bits per heavy atom. The number of hydrogen-bond acceptors (Lipinski definition) is 4. The van der Waals surface area contributed by atoms with E-state index in [1.807, 2.05) is 0 Å². The van der Waals surface area contributed by atoms with E-state index in [9.17, 15) is 23.7 Å². The van der Waals surface area contributed by atoms with Gasteiger partial charge in [0.2, 0.25) is 0 Å². The van der Waals surface area contributed by atoms with Crippen molar-refractivity contribution in [3.05, 3.63) is 63.7 Å². The van der Waals surface area contributed by atoms with Crippen LogP contribution in [0.3, 0.4) is 0 Å². The third-order valence-corrected chi connectivity index (χ3v) is 4.63. The molecule has 0 radical (unpaired) electrons. The van der Waals surface area contributed by atoms with Crippen molar-refractivity contribution in [3.63, 3.8) is 0 Å². The van der Waals surface area contributed by atoms with Gasteiger partial charge in [-0.1, -0.05) is 0 Å². The normalized spacial score (nSPS) is 23.7. The van der Waals surface area contributed by atoms with Crippen LogP contribution in [0.5, 0.6) is 5.75 Å². The molecule has 0 spiro atoms. The molecule has 0 unspecified atom stereocenters. The summed E-state index contributed by atoms with van der Waals surface area (Å²) in [6, 6.07) is 6.25. The summed E-state index contributed by atoms with van der Waals surface area (Å²) >= 11 is 0. The number of anilines is 1. The van der Waals surface area contributed by atoms with Crippen LogP contribution in [0.1, 0.15) is 24.9 Å². The molecule has 7 nitrogen and oxygen atoms in total. The van der Waals surface area contributed by atoms with E-state index in [2.05, 4.69) is 5.32 Å². The van der Waals surface area contributed by atoms with E-state index in [-0.39, 0.29) is 17.8 Å². The summed E-state index contributed by atoms with van der Waals surface area (Å²) in [6.07, 6.45) is 0.284. The Morgan fingerprint density at radius 1 is 1.27 bits per heavy atom. The number of nitrogens with one attached hydrogen (secondary N) is 1. The van der Waals surface area contributed by atoms with Crippen LogP contribution in [-0.4, -0.2) is 16.7 Å². The lowest BCUT2D eigenvalue weighted by Crippen LogP contribution is -2.65. The predicted octanol–water partition coefficient (Wildman–Crippen LogP) is 3.64. The van der Waals surface area contributed by atoms with Crippen LogP contribution >= 0.6 is 0 Å². The van der Waals surface area contributed by atoms with Gasteiger partial charge in [0.05, 0.1) is 16.7 Å². The molecule has 2 aromatic rings. The first kappa shape index (κ1) is 16.2. The van der Waals surface area contributed by atoms with E-state index in [0.29, 0.717) is 11.3 Å². The maximum absolute atomic E-state index is 13.6. The molecule has 2 amide bonds. The smallest absolute Gasteiger partial charge is 0.325 e. The zero-order chi connectivity index (χ0) is 18.6. The highest BCUT2D eigenvalue weighted by molar-refractivity contribution is 5.94. The fraction of sp³-hybridized carbons (Fsp3) is 0.235. The Kier molecular flexibility index (Phi) is 3.36. The van der Waals surface area contributed by atoms with Gasteiger partial charge in [0.1, 0.15) is 5.75 Å². The average molecular weight is 361 g/mol. The molecule has 4 rings (SSSR count). The molecule has 0 saturated carbocycles. The number of carbonyl (C=O) groups excluding carboxylic acids is 1. The largest absolute Gasteiger partial charge is 0.467 e. The van der Waals surface area contributed by atoms with Gasteiger partial charge in [-0.05, 0) is 25.1 Å². The first-order chi connectivity index (χ1) is 12.3. The second-order valence-electron chi connectivity index (χ2n) is 6.40. The van der Waals surface area contributed by atoms with Crippen LogP contribution in [0.25, 0.3) is 0 Å². The van der Waals surface area contributed by atoms with Gasteiger partial charge in [0.25, 0.3) is 5.69 Å². The number of carbonyl (C=O) groups is 1. The van der Waals surface area contributed by atoms with Gasteiger partial charge in [0.15, 0.2) is 17.4 Å². The van der Waals surface area contributed by atoms with Crippen molar-refractivity contribution < 1.29 is 23.2 Å². The minimum absolute atomic E-state index is 0.103. The molecule has 2 heterocycles. The number of urea groups is 1. The minimum atomic E-state index is -1.15. The van der Waals surface area contributed by atoms with Crippen molar-refractivity contribution in [3.8, 4) is 5.75 Å². The van der Waals surface area contributed by atoms with Gasteiger partial charge in [-0.25, -0.2) is 13.6 Å². The zero-order valence-corrected chi connectivity index (χ0v) is 13.5.